The molecule has 1 unspecified atom stereocenters. The van der Waals surface area contributed by atoms with Gasteiger partial charge in [0.1, 0.15) is 0 Å². The highest BCUT2D eigenvalue weighted by Gasteiger charge is 2.20. The van der Waals surface area contributed by atoms with Crippen LogP contribution >= 0.6 is 11.6 Å². The van der Waals surface area contributed by atoms with Crippen LogP contribution in [0.2, 0.25) is 5.02 Å². The van der Waals surface area contributed by atoms with E-state index in [1.807, 2.05) is 55.5 Å². The molecule has 0 bridgehead atoms. The number of benzene rings is 2. The molecule has 0 aliphatic rings. The standard InChI is InChI=1S/C20H23ClN2O2/c1-14-8-10-16(11-9-14)19(22-15(2)24)12-20(25)23(3)13-17-6-4-5-7-18(17)21/h4-11,19H,12-13H2,1-3H3,(H,22,24). The minimum absolute atomic E-state index is 0.0563. The Morgan fingerprint density at radius 2 is 1.76 bits per heavy atom. The Balaban J connectivity index is 2.09. The van der Waals surface area contributed by atoms with Crippen LogP contribution in [0, 0.1) is 6.92 Å². The van der Waals surface area contributed by atoms with Gasteiger partial charge in [0.05, 0.1) is 12.5 Å². The molecular weight excluding hydrogens is 336 g/mol. The summed E-state index contributed by atoms with van der Waals surface area (Å²) in [7, 11) is 1.74. The lowest BCUT2D eigenvalue weighted by atomic mass is 10.0. The number of carbonyl (C=O) groups is 2. The van der Waals surface area contributed by atoms with Gasteiger partial charge in [-0.15, -0.1) is 0 Å². The number of aryl methyl sites for hydroxylation is 1. The van der Waals surface area contributed by atoms with Gasteiger partial charge < -0.3 is 10.2 Å². The molecule has 25 heavy (non-hydrogen) atoms. The van der Waals surface area contributed by atoms with Gasteiger partial charge in [0, 0.05) is 25.5 Å². The lowest BCUT2D eigenvalue weighted by Crippen LogP contribution is -2.33. The fraction of sp³-hybridized carbons (Fsp3) is 0.300. The number of rotatable bonds is 6. The van der Waals surface area contributed by atoms with Crippen molar-refractivity contribution >= 4 is 23.4 Å². The number of hydrogen-bond acceptors (Lipinski definition) is 2. The van der Waals surface area contributed by atoms with E-state index in [1.165, 1.54) is 6.92 Å². The zero-order valence-corrected chi connectivity index (χ0v) is 15.5. The normalized spacial score (nSPS) is 11.7. The summed E-state index contributed by atoms with van der Waals surface area (Å²) in [5.41, 5.74) is 2.94. The van der Waals surface area contributed by atoms with Gasteiger partial charge in [-0.05, 0) is 24.1 Å². The molecule has 1 N–H and O–H groups in total. The third kappa shape index (κ3) is 5.61. The predicted octanol–water partition coefficient (Wildman–Crippen LogP) is 3.87. The number of halogens is 1. The van der Waals surface area contributed by atoms with Gasteiger partial charge in [-0.2, -0.15) is 0 Å². The molecule has 0 spiro atoms. The van der Waals surface area contributed by atoms with Crippen LogP contribution in [0.15, 0.2) is 48.5 Å². The Hall–Kier alpha value is -2.33. The zero-order chi connectivity index (χ0) is 18.4. The van der Waals surface area contributed by atoms with Gasteiger partial charge in [0.2, 0.25) is 11.8 Å². The Labute approximate surface area is 153 Å². The van der Waals surface area contributed by atoms with E-state index in [9.17, 15) is 9.59 Å². The smallest absolute Gasteiger partial charge is 0.225 e. The molecule has 0 aliphatic heterocycles. The van der Waals surface area contributed by atoms with Crippen molar-refractivity contribution in [3.8, 4) is 0 Å². The molecule has 0 saturated carbocycles. The highest BCUT2D eigenvalue weighted by atomic mass is 35.5. The number of amides is 2. The van der Waals surface area contributed by atoms with Crippen LogP contribution in [-0.4, -0.2) is 23.8 Å². The van der Waals surface area contributed by atoms with Gasteiger partial charge in [-0.25, -0.2) is 0 Å². The van der Waals surface area contributed by atoms with Gasteiger partial charge in [-0.3, -0.25) is 9.59 Å². The topological polar surface area (TPSA) is 49.4 Å². The molecule has 0 heterocycles. The first-order valence-corrected chi connectivity index (χ1v) is 8.55. The monoisotopic (exact) mass is 358 g/mol. The van der Waals surface area contributed by atoms with Crippen molar-refractivity contribution in [3.63, 3.8) is 0 Å². The van der Waals surface area contributed by atoms with Crippen molar-refractivity contribution in [1.29, 1.82) is 0 Å². The Bertz CT molecular complexity index is 744. The van der Waals surface area contributed by atoms with E-state index in [1.54, 1.807) is 11.9 Å². The average Bonchev–Trinajstić information content (AvgIpc) is 2.56. The summed E-state index contributed by atoms with van der Waals surface area (Å²) in [6, 6.07) is 14.9. The number of carbonyl (C=O) groups excluding carboxylic acids is 2. The summed E-state index contributed by atoms with van der Waals surface area (Å²) in [6.07, 6.45) is 0.198. The van der Waals surface area contributed by atoms with Crippen LogP contribution in [0.25, 0.3) is 0 Å². The Kier molecular flexibility index (Phi) is 6.59. The first-order valence-electron chi connectivity index (χ1n) is 8.18. The van der Waals surface area contributed by atoms with E-state index in [2.05, 4.69) is 5.32 Å². The molecule has 0 aromatic heterocycles. The van der Waals surface area contributed by atoms with Gasteiger partial charge in [0.25, 0.3) is 0 Å². The zero-order valence-electron chi connectivity index (χ0n) is 14.8. The van der Waals surface area contributed by atoms with Crippen molar-refractivity contribution in [3.05, 3.63) is 70.2 Å². The van der Waals surface area contributed by atoms with Gasteiger partial charge in [0.15, 0.2) is 0 Å². The van der Waals surface area contributed by atoms with Crippen LogP contribution in [0.5, 0.6) is 0 Å². The van der Waals surface area contributed by atoms with Gasteiger partial charge in [-0.1, -0.05) is 59.6 Å². The number of nitrogens with zero attached hydrogens (tertiary/aromatic N) is 1. The van der Waals surface area contributed by atoms with Crippen molar-refractivity contribution in [2.24, 2.45) is 0 Å². The molecule has 4 nitrogen and oxygen atoms in total. The van der Waals surface area contributed by atoms with E-state index in [-0.39, 0.29) is 24.3 Å². The van der Waals surface area contributed by atoms with E-state index in [0.717, 1.165) is 16.7 Å². The fourth-order valence-corrected chi connectivity index (χ4v) is 2.79. The summed E-state index contributed by atoms with van der Waals surface area (Å²) in [5, 5.41) is 3.50. The first-order chi connectivity index (χ1) is 11.9. The SMILES string of the molecule is CC(=O)NC(CC(=O)N(C)Cc1ccccc1Cl)c1ccc(C)cc1. The van der Waals surface area contributed by atoms with Crippen LogP contribution < -0.4 is 5.32 Å². The molecule has 0 fully saturated rings. The summed E-state index contributed by atoms with van der Waals surface area (Å²) in [4.78, 5) is 25.8. The molecule has 2 rings (SSSR count). The van der Waals surface area contributed by atoms with Crippen LogP contribution in [0.4, 0.5) is 0 Å². The second-order valence-corrected chi connectivity index (χ2v) is 6.62. The van der Waals surface area contributed by atoms with E-state index >= 15 is 0 Å². The third-order valence-electron chi connectivity index (χ3n) is 4.03. The maximum absolute atomic E-state index is 12.6. The van der Waals surface area contributed by atoms with E-state index in [0.29, 0.717) is 11.6 Å². The number of nitrogens with one attached hydrogen (secondary N) is 1. The average molecular weight is 359 g/mol. The molecule has 0 saturated heterocycles. The van der Waals surface area contributed by atoms with Crippen molar-refractivity contribution in [2.75, 3.05) is 7.05 Å². The molecule has 2 aromatic carbocycles. The second kappa shape index (κ2) is 8.67. The van der Waals surface area contributed by atoms with Crippen LogP contribution in [0.3, 0.4) is 0 Å². The Morgan fingerprint density at radius 1 is 1.12 bits per heavy atom. The summed E-state index contributed by atoms with van der Waals surface area (Å²) >= 11 is 6.16. The summed E-state index contributed by atoms with van der Waals surface area (Å²) < 4.78 is 0. The van der Waals surface area contributed by atoms with Crippen molar-refractivity contribution < 1.29 is 9.59 Å². The molecule has 0 radical (unpaired) electrons. The maximum atomic E-state index is 12.6. The molecule has 132 valence electrons. The second-order valence-electron chi connectivity index (χ2n) is 6.21. The molecule has 2 amide bonds. The van der Waals surface area contributed by atoms with E-state index < -0.39 is 0 Å². The lowest BCUT2D eigenvalue weighted by molar-refractivity contribution is -0.131. The first kappa shape index (κ1) is 19.0. The molecule has 1 atom stereocenters. The molecule has 2 aromatic rings. The lowest BCUT2D eigenvalue weighted by Gasteiger charge is -2.23. The number of hydrogen-bond donors (Lipinski definition) is 1. The maximum Gasteiger partial charge on any atom is 0.225 e. The minimum atomic E-state index is -0.348. The summed E-state index contributed by atoms with van der Waals surface area (Å²) in [5.74, 6) is -0.216. The predicted molar refractivity (Wildman–Crippen MR) is 100 cm³/mol. The Morgan fingerprint density at radius 3 is 2.36 bits per heavy atom. The fourth-order valence-electron chi connectivity index (χ4n) is 2.60. The summed E-state index contributed by atoms with van der Waals surface area (Å²) in [6.45, 7) is 3.89. The van der Waals surface area contributed by atoms with Crippen molar-refractivity contribution in [2.45, 2.75) is 32.9 Å². The van der Waals surface area contributed by atoms with Crippen LogP contribution in [0.1, 0.15) is 36.1 Å². The quantitative estimate of drug-likeness (QED) is 0.852. The van der Waals surface area contributed by atoms with Crippen molar-refractivity contribution in [1.82, 2.24) is 10.2 Å². The van der Waals surface area contributed by atoms with Crippen LogP contribution in [-0.2, 0) is 16.1 Å². The van der Waals surface area contributed by atoms with E-state index in [4.69, 9.17) is 11.6 Å². The third-order valence-corrected chi connectivity index (χ3v) is 4.40. The largest absolute Gasteiger partial charge is 0.349 e. The van der Waals surface area contributed by atoms with Gasteiger partial charge >= 0.3 is 0 Å². The molecular formula is C20H23ClN2O2. The molecule has 0 aliphatic carbocycles. The highest BCUT2D eigenvalue weighted by molar-refractivity contribution is 6.31. The molecule has 5 heteroatoms. The minimum Gasteiger partial charge on any atom is -0.349 e. The highest BCUT2D eigenvalue weighted by Crippen LogP contribution is 2.21.